The number of carbonyl (C=O) groups excluding carboxylic acids is 1. The molecule has 6 heteroatoms. The average molecular weight is 360 g/mol. The fourth-order valence-electron chi connectivity index (χ4n) is 2.74. The van der Waals surface area contributed by atoms with Crippen molar-refractivity contribution in [3.8, 4) is 35.2 Å². The summed E-state index contributed by atoms with van der Waals surface area (Å²) < 4.78 is 1.33. The zero-order valence-electron chi connectivity index (χ0n) is 15.2. The van der Waals surface area contributed by atoms with Crippen LogP contribution in [0.4, 0.5) is 0 Å². The summed E-state index contributed by atoms with van der Waals surface area (Å²) in [5.41, 5.74) is 3.61. The van der Waals surface area contributed by atoms with Crippen molar-refractivity contribution in [1.29, 1.82) is 0 Å². The molecule has 2 heterocycles. The van der Waals surface area contributed by atoms with E-state index in [9.17, 15) is 9.90 Å². The standard InChI is InChI=1S/C21H20N4O2/c1-4-10-22-20(26)16-7-9-19(23-12-16)25-21(27)18(13-24-25)17-8-6-15(5-2)11-14(17)3/h2,6-9,11-13,27H,4,10H2,1,3H3,(H,22,26). The van der Waals surface area contributed by atoms with Gasteiger partial charge >= 0.3 is 0 Å². The van der Waals surface area contributed by atoms with Crippen molar-refractivity contribution in [3.05, 3.63) is 59.4 Å². The van der Waals surface area contributed by atoms with Gasteiger partial charge in [0.1, 0.15) is 0 Å². The molecule has 1 amide bonds. The van der Waals surface area contributed by atoms with Gasteiger partial charge in [0.15, 0.2) is 5.82 Å². The van der Waals surface area contributed by atoms with Gasteiger partial charge in [-0.3, -0.25) is 4.79 Å². The quantitative estimate of drug-likeness (QED) is 0.685. The van der Waals surface area contributed by atoms with Crippen molar-refractivity contribution < 1.29 is 9.90 Å². The minimum absolute atomic E-state index is 0.0257. The molecule has 0 aliphatic carbocycles. The molecule has 0 saturated carbocycles. The number of aromatic nitrogens is 3. The highest BCUT2D eigenvalue weighted by Crippen LogP contribution is 2.32. The highest BCUT2D eigenvalue weighted by atomic mass is 16.3. The van der Waals surface area contributed by atoms with E-state index in [1.807, 2.05) is 32.0 Å². The molecule has 2 aromatic heterocycles. The predicted octanol–water partition coefficient (Wildman–Crippen LogP) is 3.07. The highest BCUT2D eigenvalue weighted by Gasteiger charge is 2.16. The first-order valence-corrected chi connectivity index (χ1v) is 8.64. The Hall–Kier alpha value is -3.59. The second kappa shape index (κ2) is 7.75. The molecular weight excluding hydrogens is 340 g/mol. The Kier molecular flexibility index (Phi) is 5.23. The number of aryl methyl sites for hydroxylation is 1. The zero-order chi connectivity index (χ0) is 19.4. The van der Waals surface area contributed by atoms with Gasteiger partial charge in [0.2, 0.25) is 5.88 Å². The molecule has 0 fully saturated rings. The number of benzene rings is 1. The lowest BCUT2D eigenvalue weighted by Crippen LogP contribution is -2.24. The molecule has 136 valence electrons. The highest BCUT2D eigenvalue weighted by molar-refractivity contribution is 5.93. The van der Waals surface area contributed by atoms with Crippen molar-refractivity contribution in [2.45, 2.75) is 20.3 Å². The van der Waals surface area contributed by atoms with E-state index in [1.54, 1.807) is 18.3 Å². The SMILES string of the molecule is C#Cc1ccc(-c2cnn(-c3ccc(C(=O)NCCC)cn3)c2O)c(C)c1. The van der Waals surface area contributed by atoms with Crippen molar-refractivity contribution in [2.75, 3.05) is 6.54 Å². The van der Waals surface area contributed by atoms with Crippen LogP contribution < -0.4 is 5.32 Å². The van der Waals surface area contributed by atoms with Crippen LogP contribution in [0.2, 0.25) is 0 Å². The summed E-state index contributed by atoms with van der Waals surface area (Å²) in [6.45, 7) is 4.53. The van der Waals surface area contributed by atoms with E-state index in [4.69, 9.17) is 6.42 Å². The molecular formula is C21H20N4O2. The maximum Gasteiger partial charge on any atom is 0.252 e. The molecule has 2 N–H and O–H groups in total. The molecule has 3 aromatic rings. The average Bonchev–Trinajstić information content (AvgIpc) is 3.07. The first-order chi connectivity index (χ1) is 13.0. The van der Waals surface area contributed by atoms with Crippen LogP contribution in [-0.2, 0) is 0 Å². The minimum atomic E-state index is -0.175. The number of amides is 1. The second-order valence-corrected chi connectivity index (χ2v) is 6.13. The molecule has 0 atom stereocenters. The van der Waals surface area contributed by atoms with Crippen molar-refractivity contribution >= 4 is 5.91 Å². The Morgan fingerprint density at radius 1 is 1.26 bits per heavy atom. The molecule has 0 spiro atoms. The molecule has 3 rings (SSSR count). The Balaban J connectivity index is 1.89. The molecule has 6 nitrogen and oxygen atoms in total. The van der Waals surface area contributed by atoms with Gasteiger partial charge in [-0.1, -0.05) is 18.9 Å². The number of pyridine rings is 1. The van der Waals surface area contributed by atoms with E-state index in [2.05, 4.69) is 21.3 Å². The maximum atomic E-state index is 12.0. The third-order valence-electron chi connectivity index (χ3n) is 4.19. The van der Waals surface area contributed by atoms with E-state index < -0.39 is 0 Å². The summed E-state index contributed by atoms with van der Waals surface area (Å²) in [6, 6.07) is 8.86. The van der Waals surface area contributed by atoms with Crippen LogP contribution in [0.5, 0.6) is 5.88 Å². The smallest absolute Gasteiger partial charge is 0.252 e. The van der Waals surface area contributed by atoms with E-state index in [0.717, 1.165) is 23.1 Å². The Labute approximate surface area is 157 Å². The fourth-order valence-corrected chi connectivity index (χ4v) is 2.74. The Morgan fingerprint density at radius 3 is 2.70 bits per heavy atom. The monoisotopic (exact) mass is 360 g/mol. The first-order valence-electron chi connectivity index (χ1n) is 8.64. The van der Waals surface area contributed by atoms with Gasteiger partial charge < -0.3 is 10.4 Å². The summed E-state index contributed by atoms with van der Waals surface area (Å²) in [4.78, 5) is 16.2. The first kappa shape index (κ1) is 18.2. The van der Waals surface area contributed by atoms with E-state index in [0.29, 0.717) is 23.5 Å². The number of hydrogen-bond donors (Lipinski definition) is 2. The number of rotatable bonds is 5. The topological polar surface area (TPSA) is 80.0 Å². The molecule has 0 bridgehead atoms. The van der Waals surface area contributed by atoms with Crippen LogP contribution in [0.25, 0.3) is 16.9 Å². The van der Waals surface area contributed by atoms with E-state index in [-0.39, 0.29) is 11.8 Å². The normalized spacial score (nSPS) is 10.4. The molecule has 27 heavy (non-hydrogen) atoms. The number of terminal acetylenes is 1. The molecule has 1 aromatic carbocycles. The summed E-state index contributed by atoms with van der Waals surface area (Å²) in [6.07, 6.45) is 9.34. The Morgan fingerprint density at radius 2 is 2.07 bits per heavy atom. The van der Waals surface area contributed by atoms with Gasteiger partial charge in [-0.2, -0.15) is 9.78 Å². The van der Waals surface area contributed by atoms with E-state index >= 15 is 0 Å². The predicted molar refractivity (Wildman–Crippen MR) is 104 cm³/mol. The van der Waals surface area contributed by atoms with Crippen LogP contribution >= 0.6 is 0 Å². The number of carbonyl (C=O) groups is 1. The fraction of sp³-hybridized carbons (Fsp3) is 0.190. The molecule has 0 aliphatic rings. The molecule has 0 saturated heterocycles. The summed E-state index contributed by atoms with van der Waals surface area (Å²) in [5, 5.41) is 17.7. The van der Waals surface area contributed by atoms with Gasteiger partial charge in [-0.05, 0) is 48.7 Å². The molecule has 0 aliphatic heterocycles. The van der Waals surface area contributed by atoms with E-state index in [1.165, 1.54) is 10.9 Å². The van der Waals surface area contributed by atoms with Crippen LogP contribution in [0.3, 0.4) is 0 Å². The zero-order valence-corrected chi connectivity index (χ0v) is 15.2. The molecule has 0 radical (unpaired) electrons. The lowest BCUT2D eigenvalue weighted by atomic mass is 10.0. The van der Waals surface area contributed by atoms with Gasteiger partial charge in [0.25, 0.3) is 5.91 Å². The third kappa shape index (κ3) is 3.67. The van der Waals surface area contributed by atoms with Crippen LogP contribution in [-0.4, -0.2) is 32.3 Å². The van der Waals surface area contributed by atoms with Crippen molar-refractivity contribution in [3.63, 3.8) is 0 Å². The third-order valence-corrected chi connectivity index (χ3v) is 4.19. The van der Waals surface area contributed by atoms with Gasteiger partial charge in [-0.25, -0.2) is 4.98 Å². The van der Waals surface area contributed by atoms with Crippen molar-refractivity contribution in [1.82, 2.24) is 20.1 Å². The number of nitrogens with one attached hydrogen (secondary N) is 1. The minimum Gasteiger partial charge on any atom is -0.493 e. The lowest BCUT2D eigenvalue weighted by molar-refractivity contribution is 0.0953. The van der Waals surface area contributed by atoms with Gasteiger partial charge in [-0.15, -0.1) is 6.42 Å². The summed E-state index contributed by atoms with van der Waals surface area (Å²) >= 11 is 0. The number of nitrogens with zero attached hydrogens (tertiary/aromatic N) is 3. The number of aromatic hydroxyl groups is 1. The van der Waals surface area contributed by atoms with Crippen molar-refractivity contribution in [2.24, 2.45) is 0 Å². The van der Waals surface area contributed by atoms with Crippen LogP contribution in [0, 0.1) is 19.3 Å². The second-order valence-electron chi connectivity index (χ2n) is 6.13. The Bertz CT molecular complexity index is 1010. The van der Waals surface area contributed by atoms with Crippen LogP contribution in [0.1, 0.15) is 34.8 Å². The largest absolute Gasteiger partial charge is 0.493 e. The summed E-state index contributed by atoms with van der Waals surface area (Å²) in [5.74, 6) is 2.81. The number of hydrogen-bond acceptors (Lipinski definition) is 4. The van der Waals surface area contributed by atoms with Gasteiger partial charge in [0, 0.05) is 18.3 Å². The molecule has 0 unspecified atom stereocenters. The van der Waals surface area contributed by atoms with Crippen LogP contribution in [0.15, 0.2) is 42.7 Å². The lowest BCUT2D eigenvalue weighted by Gasteiger charge is -2.07. The van der Waals surface area contributed by atoms with Gasteiger partial charge in [0.05, 0.1) is 17.3 Å². The summed E-state index contributed by atoms with van der Waals surface area (Å²) in [7, 11) is 0. The maximum absolute atomic E-state index is 12.0.